The molecule has 2 N–H and O–H groups in total. The standard InChI is InChI=1S/C17H25N3O4S/c1-3-16-8-5-10-20(16)17(22)9-11-25(23,24)19-15-7-4-6-14(12-15)18-13(2)21/h4,6-7,12,16,19H,3,5,8-11H2,1-2H3,(H,18,21). The van der Waals surface area contributed by atoms with E-state index < -0.39 is 10.0 Å². The number of nitrogens with one attached hydrogen (secondary N) is 2. The van der Waals surface area contributed by atoms with Gasteiger partial charge in [0.2, 0.25) is 21.8 Å². The van der Waals surface area contributed by atoms with Gasteiger partial charge in [-0.2, -0.15) is 0 Å². The fourth-order valence-electron chi connectivity index (χ4n) is 3.05. The summed E-state index contributed by atoms with van der Waals surface area (Å²) in [7, 11) is -3.64. The molecule has 2 amide bonds. The molecule has 1 saturated heterocycles. The largest absolute Gasteiger partial charge is 0.340 e. The number of hydrogen-bond donors (Lipinski definition) is 2. The molecule has 7 nitrogen and oxygen atoms in total. The Hall–Kier alpha value is -2.09. The normalized spacial score (nSPS) is 17.4. The fraction of sp³-hybridized carbons (Fsp3) is 0.529. The van der Waals surface area contributed by atoms with Crippen molar-refractivity contribution in [1.82, 2.24) is 4.90 Å². The molecule has 1 aliphatic heterocycles. The quantitative estimate of drug-likeness (QED) is 0.772. The van der Waals surface area contributed by atoms with Crippen LogP contribution in [0.25, 0.3) is 0 Å². The second-order valence-corrected chi connectivity index (χ2v) is 8.07. The highest BCUT2D eigenvalue weighted by atomic mass is 32.2. The molecule has 1 aliphatic rings. The minimum Gasteiger partial charge on any atom is -0.340 e. The maximum atomic E-state index is 12.3. The van der Waals surface area contributed by atoms with Crippen molar-refractivity contribution < 1.29 is 18.0 Å². The summed E-state index contributed by atoms with van der Waals surface area (Å²) in [6.45, 7) is 4.13. The summed E-state index contributed by atoms with van der Waals surface area (Å²) in [5.41, 5.74) is 0.859. The third-order valence-electron chi connectivity index (χ3n) is 4.21. The SMILES string of the molecule is CCC1CCCN1C(=O)CCS(=O)(=O)Nc1cccc(NC(C)=O)c1. The van der Waals surface area contributed by atoms with Crippen LogP contribution in [0.4, 0.5) is 11.4 Å². The maximum Gasteiger partial charge on any atom is 0.233 e. The van der Waals surface area contributed by atoms with E-state index in [1.54, 1.807) is 23.1 Å². The first kappa shape index (κ1) is 19.2. The van der Waals surface area contributed by atoms with E-state index in [0.29, 0.717) is 17.9 Å². The lowest BCUT2D eigenvalue weighted by molar-refractivity contribution is -0.131. The zero-order valence-electron chi connectivity index (χ0n) is 14.6. The lowest BCUT2D eigenvalue weighted by atomic mass is 10.1. The van der Waals surface area contributed by atoms with E-state index in [2.05, 4.69) is 10.0 Å². The van der Waals surface area contributed by atoms with Crippen LogP contribution in [0.2, 0.25) is 0 Å². The average molecular weight is 367 g/mol. The fourth-order valence-corrected chi connectivity index (χ4v) is 4.08. The van der Waals surface area contributed by atoms with Gasteiger partial charge in [0.15, 0.2) is 0 Å². The van der Waals surface area contributed by atoms with Crippen molar-refractivity contribution in [3.05, 3.63) is 24.3 Å². The predicted molar refractivity (Wildman–Crippen MR) is 97.8 cm³/mol. The molecule has 0 aromatic heterocycles. The lowest BCUT2D eigenvalue weighted by Crippen LogP contribution is -2.36. The molecule has 1 aromatic rings. The number of carbonyl (C=O) groups excluding carboxylic acids is 2. The van der Waals surface area contributed by atoms with Gasteiger partial charge in [-0.15, -0.1) is 0 Å². The molecule has 1 fully saturated rings. The monoisotopic (exact) mass is 367 g/mol. The number of amides is 2. The molecular weight excluding hydrogens is 342 g/mol. The number of anilines is 2. The first-order valence-corrected chi connectivity index (χ1v) is 10.1. The van der Waals surface area contributed by atoms with Gasteiger partial charge in [0.1, 0.15) is 0 Å². The summed E-state index contributed by atoms with van der Waals surface area (Å²) < 4.78 is 26.9. The second-order valence-electron chi connectivity index (χ2n) is 6.22. The molecule has 0 aliphatic carbocycles. The summed E-state index contributed by atoms with van der Waals surface area (Å²) in [6, 6.07) is 6.68. The first-order chi connectivity index (χ1) is 11.8. The molecule has 2 rings (SSSR count). The average Bonchev–Trinajstić information content (AvgIpc) is 3.00. The van der Waals surface area contributed by atoms with Crippen LogP contribution in [0.1, 0.15) is 39.5 Å². The van der Waals surface area contributed by atoms with E-state index in [1.807, 2.05) is 6.92 Å². The zero-order chi connectivity index (χ0) is 18.4. The van der Waals surface area contributed by atoms with Crippen molar-refractivity contribution in [2.75, 3.05) is 22.3 Å². The Morgan fingerprint density at radius 3 is 2.68 bits per heavy atom. The molecule has 1 unspecified atom stereocenters. The van der Waals surface area contributed by atoms with E-state index in [1.165, 1.54) is 13.0 Å². The van der Waals surface area contributed by atoms with E-state index in [-0.39, 0.29) is 30.0 Å². The Morgan fingerprint density at radius 2 is 2.00 bits per heavy atom. The summed E-state index contributed by atoms with van der Waals surface area (Å²) in [5.74, 6) is -0.605. The van der Waals surface area contributed by atoms with Crippen molar-refractivity contribution in [2.45, 2.75) is 45.6 Å². The predicted octanol–water partition coefficient (Wildman–Crippen LogP) is 2.18. The Balaban J connectivity index is 1.93. The molecule has 25 heavy (non-hydrogen) atoms. The van der Waals surface area contributed by atoms with Gasteiger partial charge in [0.25, 0.3) is 0 Å². The van der Waals surface area contributed by atoms with Crippen LogP contribution < -0.4 is 10.0 Å². The molecule has 1 aromatic carbocycles. The smallest absolute Gasteiger partial charge is 0.233 e. The van der Waals surface area contributed by atoms with Gasteiger partial charge < -0.3 is 10.2 Å². The van der Waals surface area contributed by atoms with Crippen LogP contribution in [0, 0.1) is 0 Å². The van der Waals surface area contributed by atoms with Crippen molar-refractivity contribution in [2.24, 2.45) is 0 Å². The van der Waals surface area contributed by atoms with Crippen molar-refractivity contribution in [3.8, 4) is 0 Å². The van der Waals surface area contributed by atoms with E-state index in [9.17, 15) is 18.0 Å². The highest BCUT2D eigenvalue weighted by Gasteiger charge is 2.27. The number of rotatable bonds is 7. The Kier molecular flexibility index (Phi) is 6.41. The molecule has 0 bridgehead atoms. The Labute approximate surface area is 148 Å². The number of benzene rings is 1. The molecule has 1 atom stereocenters. The summed E-state index contributed by atoms with van der Waals surface area (Å²) >= 11 is 0. The number of sulfonamides is 1. The third-order valence-corrected chi connectivity index (χ3v) is 5.50. The summed E-state index contributed by atoms with van der Waals surface area (Å²) in [4.78, 5) is 25.1. The van der Waals surface area contributed by atoms with Crippen LogP contribution >= 0.6 is 0 Å². The number of hydrogen-bond acceptors (Lipinski definition) is 4. The molecule has 1 heterocycles. The molecular formula is C17H25N3O4S. The molecule has 0 spiro atoms. The summed E-state index contributed by atoms with van der Waals surface area (Å²) in [5, 5.41) is 2.59. The molecule has 0 radical (unpaired) electrons. The van der Waals surface area contributed by atoms with Crippen LogP contribution in [0.5, 0.6) is 0 Å². The maximum absolute atomic E-state index is 12.3. The van der Waals surface area contributed by atoms with Crippen molar-refractivity contribution in [3.63, 3.8) is 0 Å². The Bertz CT molecular complexity index is 733. The molecule has 0 saturated carbocycles. The number of carbonyl (C=O) groups is 2. The minimum absolute atomic E-state index is 0.0305. The molecule has 8 heteroatoms. The van der Waals surface area contributed by atoms with Crippen molar-refractivity contribution in [1.29, 1.82) is 0 Å². The van der Waals surface area contributed by atoms with Gasteiger partial charge >= 0.3 is 0 Å². The highest BCUT2D eigenvalue weighted by Crippen LogP contribution is 2.21. The van der Waals surface area contributed by atoms with Crippen LogP contribution in [0.3, 0.4) is 0 Å². The van der Waals surface area contributed by atoms with Gasteiger partial charge in [-0.1, -0.05) is 13.0 Å². The first-order valence-electron chi connectivity index (χ1n) is 8.48. The topological polar surface area (TPSA) is 95.6 Å². The van der Waals surface area contributed by atoms with Gasteiger partial charge in [0.05, 0.1) is 11.4 Å². The molecule has 138 valence electrons. The van der Waals surface area contributed by atoms with E-state index >= 15 is 0 Å². The van der Waals surface area contributed by atoms with Crippen LogP contribution in [-0.4, -0.2) is 43.5 Å². The number of nitrogens with zero attached hydrogens (tertiary/aromatic N) is 1. The highest BCUT2D eigenvalue weighted by molar-refractivity contribution is 7.92. The Morgan fingerprint density at radius 1 is 1.28 bits per heavy atom. The second kappa shape index (κ2) is 8.33. The summed E-state index contributed by atoms with van der Waals surface area (Å²) in [6.07, 6.45) is 2.83. The lowest BCUT2D eigenvalue weighted by Gasteiger charge is -2.23. The van der Waals surface area contributed by atoms with Gasteiger partial charge in [-0.25, -0.2) is 8.42 Å². The van der Waals surface area contributed by atoms with Crippen LogP contribution in [0.15, 0.2) is 24.3 Å². The number of likely N-dealkylation sites (tertiary alicyclic amines) is 1. The third kappa shape index (κ3) is 5.74. The van der Waals surface area contributed by atoms with E-state index in [4.69, 9.17) is 0 Å². The van der Waals surface area contributed by atoms with Gasteiger partial charge in [0, 0.05) is 31.6 Å². The zero-order valence-corrected chi connectivity index (χ0v) is 15.4. The van der Waals surface area contributed by atoms with E-state index in [0.717, 1.165) is 19.3 Å². The van der Waals surface area contributed by atoms with Crippen LogP contribution in [-0.2, 0) is 19.6 Å². The minimum atomic E-state index is -3.64. The van der Waals surface area contributed by atoms with Crippen molar-refractivity contribution >= 4 is 33.2 Å². The van der Waals surface area contributed by atoms with Gasteiger partial charge in [-0.3, -0.25) is 14.3 Å². The van der Waals surface area contributed by atoms with Gasteiger partial charge in [-0.05, 0) is 37.5 Å².